The molecule has 27 heteroatoms. The van der Waals surface area contributed by atoms with E-state index in [1.807, 2.05) is 0 Å². The highest BCUT2D eigenvalue weighted by Crippen LogP contribution is 2.32. The number of pyridine rings is 2. The fourth-order valence-electron chi connectivity index (χ4n) is 6.56. The monoisotopic (exact) mass is 1030 g/mol. The van der Waals surface area contributed by atoms with Gasteiger partial charge in [-0.1, -0.05) is 12.1 Å². The van der Waals surface area contributed by atoms with Gasteiger partial charge in [-0.2, -0.15) is 41.4 Å². The summed E-state index contributed by atoms with van der Waals surface area (Å²) >= 11 is 0. The molecule has 0 bridgehead atoms. The van der Waals surface area contributed by atoms with Crippen LogP contribution in [0.15, 0.2) is 103 Å². The summed E-state index contributed by atoms with van der Waals surface area (Å²) in [5.74, 6) is 4.62. The summed E-state index contributed by atoms with van der Waals surface area (Å²) in [7, 11) is 0. The largest absolute Gasteiger partial charge is 0.416 e. The Kier molecular flexibility index (Phi) is 20.3. The van der Waals surface area contributed by atoms with Gasteiger partial charge in [-0.25, -0.2) is 30.0 Å². The number of nitrogen functional groups attached to an aromatic ring is 1. The maximum atomic E-state index is 14.0. The number of alkyl halides is 6. The van der Waals surface area contributed by atoms with Crippen molar-refractivity contribution < 1.29 is 49.4 Å². The standard InChI is InChI=1S/C23H24F4N8O.C13H9F3N2O.C10H17FN6O/c24-20-15-30-22(33-21(20)28-6-7-35-8-10-36-11-9-35)34-31-14-18-4-5-19(13-29-18)32-17-3-1-2-16(12-17)23(25,26)27;14-13(15,16)9-2-1-3-10(6-9)18-11-4-5-12(8-19)17-7-11;11-8-7-14-10(16-12)15-9(8)13-1-2-17-3-5-18-6-4-17/h1-5,12-15,32H,6-11H2,(H2,28,30,33,34);1-8,18H;7H,1-6,12H2,(H2,13,14,15,16)/b31-14+;;. The van der Waals surface area contributed by atoms with E-state index < -0.39 is 35.1 Å². The molecule has 0 atom stereocenters. The van der Waals surface area contributed by atoms with Gasteiger partial charge in [0.15, 0.2) is 29.6 Å². The molecule has 2 aliphatic heterocycles. The molecule has 2 aliphatic rings. The number of anilines is 8. The number of carbonyl (C=O) groups excluding carboxylic acids is 1. The molecule has 4 aromatic heterocycles. The third-order valence-corrected chi connectivity index (χ3v) is 10.3. The molecule has 73 heavy (non-hydrogen) atoms. The molecule has 2 aromatic carbocycles. The second-order valence-electron chi connectivity index (χ2n) is 15.5. The number of carbonyl (C=O) groups is 1. The first-order valence-corrected chi connectivity index (χ1v) is 22.3. The van der Waals surface area contributed by atoms with Gasteiger partial charge in [0.05, 0.1) is 85.6 Å². The molecule has 6 aromatic rings. The van der Waals surface area contributed by atoms with Gasteiger partial charge in [-0.3, -0.25) is 30.0 Å². The van der Waals surface area contributed by atoms with Crippen molar-refractivity contribution in [3.05, 3.63) is 132 Å². The molecule has 8 N–H and O–H groups in total. The summed E-state index contributed by atoms with van der Waals surface area (Å²) in [6.07, 6.45) is -1.82. The molecule has 0 aliphatic carbocycles. The van der Waals surface area contributed by atoms with E-state index in [0.29, 0.717) is 55.3 Å². The fourth-order valence-corrected chi connectivity index (χ4v) is 6.56. The molecule has 0 radical (unpaired) electrons. The van der Waals surface area contributed by atoms with Gasteiger partial charge in [-0.05, 0) is 60.7 Å². The number of morpholine rings is 2. The van der Waals surface area contributed by atoms with Gasteiger partial charge in [0.1, 0.15) is 5.69 Å². The van der Waals surface area contributed by atoms with Gasteiger partial charge in [-0.15, -0.1) is 0 Å². The van der Waals surface area contributed by atoms with Crippen molar-refractivity contribution in [3.63, 3.8) is 0 Å². The van der Waals surface area contributed by atoms with Crippen molar-refractivity contribution in [2.24, 2.45) is 10.9 Å². The van der Waals surface area contributed by atoms with Crippen LogP contribution in [0.3, 0.4) is 0 Å². The third kappa shape index (κ3) is 18.4. The number of hydrazine groups is 1. The smallest absolute Gasteiger partial charge is 0.379 e. The lowest BCUT2D eigenvalue weighted by Crippen LogP contribution is -2.39. The number of hydrogen-bond acceptors (Lipinski definition) is 19. The molecule has 2 fully saturated rings. The van der Waals surface area contributed by atoms with Crippen molar-refractivity contribution in [1.29, 1.82) is 0 Å². The first-order chi connectivity index (χ1) is 35.1. The average Bonchev–Trinajstić information content (AvgIpc) is 3.39. The van der Waals surface area contributed by atoms with E-state index in [-0.39, 0.29) is 34.9 Å². The van der Waals surface area contributed by atoms with Crippen LogP contribution in [0.4, 0.5) is 81.4 Å². The first-order valence-electron chi connectivity index (χ1n) is 22.3. The van der Waals surface area contributed by atoms with Crippen LogP contribution in [-0.2, 0) is 21.8 Å². The fraction of sp³-hybridized carbons (Fsp3) is 0.304. The Hall–Kier alpha value is -7.72. The molecule has 8 rings (SSSR count). The van der Waals surface area contributed by atoms with E-state index in [0.717, 1.165) is 89.1 Å². The zero-order valence-electron chi connectivity index (χ0n) is 38.7. The maximum Gasteiger partial charge on any atom is 0.416 e. The number of aldehydes is 1. The predicted molar refractivity (Wildman–Crippen MR) is 258 cm³/mol. The number of rotatable bonds is 17. The first kappa shape index (κ1) is 54.6. The molecule has 0 amide bonds. The van der Waals surface area contributed by atoms with E-state index in [1.165, 1.54) is 48.9 Å². The molecular weight excluding hydrogens is 977 g/mol. The Balaban J connectivity index is 0.000000197. The van der Waals surface area contributed by atoms with Gasteiger partial charge in [0, 0.05) is 63.7 Å². The summed E-state index contributed by atoms with van der Waals surface area (Å²) in [5.41, 5.74) is 5.77. The molecule has 0 saturated carbocycles. The van der Waals surface area contributed by atoms with Crippen molar-refractivity contribution in [3.8, 4) is 0 Å². The summed E-state index contributed by atoms with van der Waals surface area (Å²) < 4.78 is 114. The van der Waals surface area contributed by atoms with Gasteiger partial charge in [0.25, 0.3) is 0 Å². The van der Waals surface area contributed by atoms with Crippen LogP contribution in [0.5, 0.6) is 0 Å². The molecule has 6 heterocycles. The number of nitrogens with one attached hydrogen (secondary N) is 6. The molecule has 388 valence electrons. The molecular formula is C46H50F8N16O3. The van der Waals surface area contributed by atoms with E-state index in [9.17, 15) is 39.9 Å². The minimum absolute atomic E-state index is 0.0686. The van der Waals surface area contributed by atoms with Crippen molar-refractivity contribution >= 4 is 58.8 Å². The highest BCUT2D eigenvalue weighted by Gasteiger charge is 2.31. The number of ether oxygens (including phenoxy) is 2. The summed E-state index contributed by atoms with van der Waals surface area (Å²) in [6, 6.07) is 16.1. The number of halogens is 8. The van der Waals surface area contributed by atoms with Crippen molar-refractivity contribution in [1.82, 2.24) is 39.7 Å². The normalized spacial score (nSPS) is 14.2. The second kappa shape index (κ2) is 27.2. The number of nitrogens with two attached hydrogens (primary N) is 1. The molecule has 0 unspecified atom stereocenters. The van der Waals surface area contributed by atoms with Crippen LogP contribution < -0.4 is 38.0 Å². The van der Waals surface area contributed by atoms with E-state index in [4.69, 9.17) is 15.3 Å². The molecule has 19 nitrogen and oxygen atoms in total. The van der Waals surface area contributed by atoms with Gasteiger partial charge < -0.3 is 30.7 Å². The van der Waals surface area contributed by atoms with Crippen molar-refractivity contribution in [2.75, 3.05) is 111 Å². The molecule has 2 saturated heterocycles. The third-order valence-electron chi connectivity index (χ3n) is 10.3. The van der Waals surface area contributed by atoms with Crippen LogP contribution in [0, 0.1) is 11.6 Å². The van der Waals surface area contributed by atoms with E-state index >= 15 is 0 Å². The minimum Gasteiger partial charge on any atom is -0.379 e. The summed E-state index contributed by atoms with van der Waals surface area (Å²) in [4.78, 5) is 38.4. The molecule has 0 spiro atoms. The lowest BCUT2D eigenvalue weighted by Gasteiger charge is -2.26. The summed E-state index contributed by atoms with van der Waals surface area (Å²) in [6.45, 7) is 9.06. The van der Waals surface area contributed by atoms with Crippen LogP contribution in [-0.4, -0.2) is 131 Å². The predicted octanol–water partition coefficient (Wildman–Crippen LogP) is 7.27. The second-order valence-corrected chi connectivity index (χ2v) is 15.5. The number of hydrazone groups is 1. The maximum absolute atomic E-state index is 14.0. The Bertz CT molecular complexity index is 2680. The van der Waals surface area contributed by atoms with E-state index in [2.05, 4.69) is 76.9 Å². The zero-order chi connectivity index (χ0) is 52.1. The number of hydrogen-bond donors (Lipinski definition) is 7. The summed E-state index contributed by atoms with van der Waals surface area (Å²) in [5, 5.41) is 15.6. The number of aromatic nitrogens is 6. The van der Waals surface area contributed by atoms with Gasteiger partial charge >= 0.3 is 12.4 Å². The Morgan fingerprint density at radius 3 is 1.51 bits per heavy atom. The quantitative estimate of drug-likeness (QED) is 0.0157. The van der Waals surface area contributed by atoms with Crippen LogP contribution in [0.25, 0.3) is 0 Å². The van der Waals surface area contributed by atoms with Crippen LogP contribution >= 0.6 is 0 Å². The Labute approximate surface area is 413 Å². The average molecular weight is 1030 g/mol. The minimum atomic E-state index is -4.42. The lowest BCUT2D eigenvalue weighted by molar-refractivity contribution is -0.138. The Morgan fingerprint density at radius 1 is 0.603 bits per heavy atom. The topological polar surface area (TPSA) is 230 Å². The Morgan fingerprint density at radius 2 is 1.07 bits per heavy atom. The van der Waals surface area contributed by atoms with Crippen molar-refractivity contribution in [2.45, 2.75) is 12.4 Å². The number of nitrogens with zero attached hydrogens (tertiary/aromatic N) is 9. The SMILES string of the molecule is Fc1cnc(N/N=C/c2ccc(Nc3cccc(C(F)(F)F)c3)cn2)nc1NCCN1CCOCC1.NNc1ncc(F)c(NCCN2CCOCC2)n1.O=Cc1ccc(Nc2cccc(C(F)(F)F)c2)cn1. The van der Waals surface area contributed by atoms with E-state index in [1.54, 1.807) is 18.2 Å². The zero-order valence-corrected chi connectivity index (χ0v) is 38.7. The lowest BCUT2D eigenvalue weighted by atomic mass is 10.2. The van der Waals surface area contributed by atoms with Crippen LogP contribution in [0.2, 0.25) is 0 Å². The number of benzene rings is 2. The highest BCUT2D eigenvalue weighted by atomic mass is 19.4. The highest BCUT2D eigenvalue weighted by molar-refractivity contribution is 5.78. The van der Waals surface area contributed by atoms with Gasteiger partial charge in [0.2, 0.25) is 11.9 Å². The van der Waals surface area contributed by atoms with Crippen LogP contribution in [0.1, 0.15) is 27.3 Å².